The molecule has 0 amide bonds. The van der Waals surface area contributed by atoms with Crippen LogP contribution in [0.2, 0.25) is 0 Å². The van der Waals surface area contributed by atoms with E-state index < -0.39 is 5.82 Å². The van der Waals surface area contributed by atoms with E-state index in [9.17, 15) is 9.18 Å². The minimum Gasteiger partial charge on any atom is -0.461 e. The van der Waals surface area contributed by atoms with Gasteiger partial charge in [-0.05, 0) is 19.1 Å². The van der Waals surface area contributed by atoms with Crippen molar-refractivity contribution in [2.45, 2.75) is 25.5 Å². The molecule has 2 fully saturated rings. The topological polar surface area (TPSA) is 56.6 Å². The molecule has 0 bridgehead atoms. The van der Waals surface area contributed by atoms with Gasteiger partial charge in [-0.1, -0.05) is 6.07 Å². The molecule has 0 unspecified atom stereocenters. The van der Waals surface area contributed by atoms with Crippen LogP contribution in [0.25, 0.3) is 0 Å². The van der Waals surface area contributed by atoms with Crippen molar-refractivity contribution in [3.8, 4) is 6.07 Å². The van der Waals surface area contributed by atoms with E-state index in [1.54, 1.807) is 12.1 Å². The molecule has 116 valence electrons. The van der Waals surface area contributed by atoms with Gasteiger partial charge in [0, 0.05) is 32.6 Å². The van der Waals surface area contributed by atoms with Crippen molar-refractivity contribution in [2.24, 2.45) is 0 Å². The number of esters is 1. The van der Waals surface area contributed by atoms with Crippen molar-refractivity contribution >= 4 is 11.7 Å². The van der Waals surface area contributed by atoms with Crippen LogP contribution in [0.4, 0.5) is 10.1 Å². The summed E-state index contributed by atoms with van der Waals surface area (Å²) in [5.41, 5.74) is 0.717. The fraction of sp³-hybridized carbons (Fsp3) is 0.500. The second-order valence-corrected chi connectivity index (χ2v) is 5.77. The predicted molar refractivity (Wildman–Crippen MR) is 78.9 cm³/mol. The summed E-state index contributed by atoms with van der Waals surface area (Å²) in [6.07, 6.45) is 0.700. The highest BCUT2D eigenvalue weighted by Crippen LogP contribution is 2.26. The van der Waals surface area contributed by atoms with Crippen molar-refractivity contribution in [3.05, 3.63) is 29.6 Å². The number of anilines is 1. The van der Waals surface area contributed by atoms with Crippen molar-refractivity contribution in [1.29, 1.82) is 5.26 Å². The number of carbonyl (C=O) groups excluding carboxylic acids is 1. The summed E-state index contributed by atoms with van der Waals surface area (Å²) in [4.78, 5) is 15.9. The third-order valence-corrected chi connectivity index (χ3v) is 4.34. The fourth-order valence-corrected chi connectivity index (χ4v) is 3.20. The van der Waals surface area contributed by atoms with Gasteiger partial charge >= 0.3 is 5.97 Å². The molecule has 3 rings (SSSR count). The molecule has 0 radical (unpaired) electrons. The molecule has 0 saturated carbocycles. The molecule has 2 aliphatic rings. The smallest absolute Gasteiger partial charge is 0.323 e. The SMILES string of the molecule is C[C@@H]1C[C@H](N2CCN(c3cccc(F)c3C#N)CC2)C(=O)O1. The maximum absolute atomic E-state index is 13.7. The first-order valence-corrected chi connectivity index (χ1v) is 7.48. The molecule has 2 saturated heterocycles. The molecule has 1 aromatic rings. The number of ether oxygens (including phenoxy) is 1. The van der Waals surface area contributed by atoms with Crippen LogP contribution >= 0.6 is 0 Å². The van der Waals surface area contributed by atoms with E-state index in [1.165, 1.54) is 6.07 Å². The lowest BCUT2D eigenvalue weighted by Crippen LogP contribution is -2.51. The Morgan fingerprint density at radius 2 is 2.05 bits per heavy atom. The van der Waals surface area contributed by atoms with Crippen molar-refractivity contribution in [1.82, 2.24) is 4.90 Å². The Hall–Kier alpha value is -2.13. The monoisotopic (exact) mass is 303 g/mol. The number of piperazine rings is 1. The Bertz CT molecular complexity index is 620. The largest absolute Gasteiger partial charge is 0.461 e. The maximum Gasteiger partial charge on any atom is 0.323 e. The number of nitriles is 1. The number of hydrogen-bond donors (Lipinski definition) is 0. The second kappa shape index (κ2) is 5.93. The molecule has 0 aliphatic carbocycles. The first kappa shape index (κ1) is 14.8. The van der Waals surface area contributed by atoms with Crippen molar-refractivity contribution < 1.29 is 13.9 Å². The van der Waals surface area contributed by atoms with Gasteiger partial charge in [0.25, 0.3) is 0 Å². The zero-order valence-electron chi connectivity index (χ0n) is 12.5. The molecular weight excluding hydrogens is 285 g/mol. The van der Waals surface area contributed by atoms with Crippen molar-refractivity contribution in [2.75, 3.05) is 31.1 Å². The zero-order chi connectivity index (χ0) is 15.7. The van der Waals surface area contributed by atoms with E-state index in [0.717, 1.165) is 6.42 Å². The fourth-order valence-electron chi connectivity index (χ4n) is 3.20. The standard InChI is InChI=1S/C16H18FN3O2/c1-11-9-15(16(21)22-11)20-7-5-19(6-8-20)14-4-2-3-13(17)12(14)10-18/h2-4,11,15H,5-9H2,1H3/t11-,15+/m1/s1. The number of halogens is 1. The summed E-state index contributed by atoms with van der Waals surface area (Å²) >= 11 is 0. The number of benzene rings is 1. The first-order chi connectivity index (χ1) is 10.6. The number of hydrogen-bond acceptors (Lipinski definition) is 5. The number of carbonyl (C=O) groups is 1. The van der Waals surface area contributed by atoms with Gasteiger partial charge in [0.1, 0.15) is 29.6 Å². The van der Waals surface area contributed by atoms with Crippen LogP contribution in [-0.4, -0.2) is 49.2 Å². The molecule has 2 aliphatic heterocycles. The highest BCUT2D eigenvalue weighted by molar-refractivity contribution is 5.78. The lowest BCUT2D eigenvalue weighted by Gasteiger charge is -2.38. The average Bonchev–Trinajstić information content (AvgIpc) is 2.86. The summed E-state index contributed by atoms with van der Waals surface area (Å²) in [6, 6.07) is 6.46. The molecule has 2 heterocycles. The Balaban J connectivity index is 1.69. The van der Waals surface area contributed by atoms with Crippen LogP contribution in [0, 0.1) is 17.1 Å². The number of nitrogens with zero attached hydrogens (tertiary/aromatic N) is 3. The highest BCUT2D eigenvalue weighted by Gasteiger charge is 2.37. The molecule has 2 atom stereocenters. The molecule has 0 N–H and O–H groups in total. The second-order valence-electron chi connectivity index (χ2n) is 5.77. The molecular formula is C16H18FN3O2. The minimum atomic E-state index is -0.490. The van der Waals surface area contributed by atoms with Crippen LogP contribution in [-0.2, 0) is 9.53 Å². The first-order valence-electron chi connectivity index (χ1n) is 7.48. The van der Waals surface area contributed by atoms with Gasteiger partial charge < -0.3 is 9.64 Å². The van der Waals surface area contributed by atoms with Gasteiger partial charge in [0.05, 0.1) is 5.69 Å². The average molecular weight is 303 g/mol. The van der Waals surface area contributed by atoms with Crippen LogP contribution in [0.3, 0.4) is 0 Å². The number of rotatable bonds is 2. The van der Waals surface area contributed by atoms with Gasteiger partial charge in [-0.25, -0.2) is 4.39 Å². The summed E-state index contributed by atoms with van der Waals surface area (Å²) in [6.45, 7) is 4.63. The molecule has 1 aromatic carbocycles. The third kappa shape index (κ3) is 2.64. The van der Waals surface area contributed by atoms with E-state index in [4.69, 9.17) is 10.00 Å². The zero-order valence-corrected chi connectivity index (χ0v) is 12.5. The Kier molecular flexibility index (Phi) is 3.99. The Labute approximate surface area is 128 Å². The third-order valence-electron chi connectivity index (χ3n) is 4.34. The van der Waals surface area contributed by atoms with E-state index >= 15 is 0 Å². The van der Waals surface area contributed by atoms with E-state index in [2.05, 4.69) is 4.90 Å². The molecule has 6 heteroatoms. The van der Waals surface area contributed by atoms with Gasteiger partial charge in [-0.3, -0.25) is 9.69 Å². The van der Waals surface area contributed by atoms with Crippen LogP contribution in [0.5, 0.6) is 0 Å². The predicted octanol–water partition coefficient (Wildman–Crippen LogP) is 1.52. The highest BCUT2D eigenvalue weighted by atomic mass is 19.1. The minimum absolute atomic E-state index is 0.0241. The molecule has 0 aromatic heterocycles. The van der Waals surface area contributed by atoms with Gasteiger partial charge in [-0.15, -0.1) is 0 Å². The number of cyclic esters (lactones) is 1. The van der Waals surface area contributed by atoms with E-state index in [-0.39, 0.29) is 23.7 Å². The van der Waals surface area contributed by atoms with E-state index in [1.807, 2.05) is 17.9 Å². The normalized spacial score (nSPS) is 25.9. The Morgan fingerprint density at radius 1 is 1.32 bits per heavy atom. The van der Waals surface area contributed by atoms with Gasteiger partial charge in [-0.2, -0.15) is 5.26 Å². The van der Waals surface area contributed by atoms with Crippen LogP contribution in [0.1, 0.15) is 18.9 Å². The van der Waals surface area contributed by atoms with Crippen molar-refractivity contribution in [3.63, 3.8) is 0 Å². The van der Waals surface area contributed by atoms with Gasteiger partial charge in [0.2, 0.25) is 0 Å². The quantitative estimate of drug-likeness (QED) is 0.775. The summed E-state index contributed by atoms with van der Waals surface area (Å²) in [5.74, 6) is -0.639. The lowest BCUT2D eigenvalue weighted by molar-refractivity contribution is -0.144. The molecule has 5 nitrogen and oxygen atoms in total. The van der Waals surface area contributed by atoms with Crippen LogP contribution < -0.4 is 4.90 Å². The lowest BCUT2D eigenvalue weighted by atomic mass is 10.1. The summed E-state index contributed by atoms with van der Waals surface area (Å²) in [5, 5.41) is 9.13. The summed E-state index contributed by atoms with van der Waals surface area (Å²) in [7, 11) is 0. The summed E-state index contributed by atoms with van der Waals surface area (Å²) < 4.78 is 18.9. The Morgan fingerprint density at radius 3 is 2.64 bits per heavy atom. The van der Waals surface area contributed by atoms with E-state index in [0.29, 0.717) is 31.9 Å². The molecule has 22 heavy (non-hydrogen) atoms. The van der Waals surface area contributed by atoms with Gasteiger partial charge in [0.15, 0.2) is 0 Å². The molecule has 0 spiro atoms. The van der Waals surface area contributed by atoms with Crippen LogP contribution in [0.15, 0.2) is 18.2 Å². The maximum atomic E-state index is 13.7.